The van der Waals surface area contributed by atoms with Crippen molar-refractivity contribution in [3.8, 4) is 0 Å². The summed E-state index contributed by atoms with van der Waals surface area (Å²) in [4.78, 5) is 10.8. The number of carbonyl (C=O) groups is 1. The van der Waals surface area contributed by atoms with Gasteiger partial charge in [-0.1, -0.05) is 6.92 Å². The van der Waals surface area contributed by atoms with Gasteiger partial charge in [0, 0.05) is 12.0 Å². The van der Waals surface area contributed by atoms with Crippen molar-refractivity contribution in [3.05, 3.63) is 6.92 Å². The first kappa shape index (κ1) is 8.47. The molecule has 0 aromatic carbocycles. The lowest BCUT2D eigenvalue weighted by Gasteiger charge is -2.09. The molecule has 0 spiro atoms. The van der Waals surface area contributed by atoms with Crippen molar-refractivity contribution in [2.24, 2.45) is 5.92 Å². The summed E-state index contributed by atoms with van der Waals surface area (Å²) in [5, 5.41) is 2.74. The van der Waals surface area contributed by atoms with Crippen LogP contribution < -0.4 is 5.32 Å². The third-order valence-corrected chi connectivity index (χ3v) is 0.879. The van der Waals surface area contributed by atoms with E-state index in [-0.39, 0.29) is 17.9 Å². The van der Waals surface area contributed by atoms with Gasteiger partial charge >= 0.3 is 0 Å². The molecule has 0 saturated carbocycles. The van der Waals surface area contributed by atoms with Gasteiger partial charge in [-0.05, 0) is 20.8 Å². The zero-order chi connectivity index (χ0) is 7.44. The Balaban J connectivity index is 3.51. The summed E-state index contributed by atoms with van der Waals surface area (Å²) in [6.07, 6.45) is 0. The highest BCUT2D eigenvalue weighted by Gasteiger charge is 2.06. The first-order valence-electron chi connectivity index (χ1n) is 3.17. The molecule has 0 aliphatic carbocycles. The van der Waals surface area contributed by atoms with Gasteiger partial charge in [0.1, 0.15) is 0 Å². The van der Waals surface area contributed by atoms with Crippen molar-refractivity contribution in [3.63, 3.8) is 0 Å². The zero-order valence-corrected chi connectivity index (χ0v) is 6.27. The Morgan fingerprint density at radius 1 is 1.44 bits per heavy atom. The summed E-state index contributed by atoms with van der Waals surface area (Å²) in [7, 11) is 0. The molecule has 2 nitrogen and oxygen atoms in total. The average Bonchev–Trinajstić information content (AvgIpc) is 1.63. The Hall–Kier alpha value is -0.530. The maximum atomic E-state index is 10.8. The molecule has 0 bridgehead atoms. The van der Waals surface area contributed by atoms with Crippen molar-refractivity contribution >= 4 is 5.91 Å². The van der Waals surface area contributed by atoms with Crippen LogP contribution in [-0.4, -0.2) is 11.9 Å². The normalized spacial score (nSPS) is 10.4. The highest BCUT2D eigenvalue weighted by molar-refractivity contribution is 5.78. The highest BCUT2D eigenvalue weighted by atomic mass is 16.1. The third-order valence-electron chi connectivity index (χ3n) is 0.879. The predicted octanol–water partition coefficient (Wildman–Crippen LogP) is 0.981. The second-order valence-corrected chi connectivity index (χ2v) is 2.56. The zero-order valence-electron chi connectivity index (χ0n) is 6.27. The Morgan fingerprint density at radius 3 is 2.00 bits per heavy atom. The minimum atomic E-state index is -0.146. The summed E-state index contributed by atoms with van der Waals surface area (Å²) < 4.78 is 0. The molecule has 1 atom stereocenters. The SMILES string of the molecule is [CH2]C(C)C(=O)NC(C)C. The van der Waals surface area contributed by atoms with E-state index in [4.69, 9.17) is 0 Å². The molecule has 1 unspecified atom stereocenters. The molecule has 0 aliphatic rings. The van der Waals surface area contributed by atoms with Crippen LogP contribution in [0.3, 0.4) is 0 Å². The van der Waals surface area contributed by atoms with E-state index in [0.717, 1.165) is 0 Å². The molecular weight excluding hydrogens is 114 g/mol. The molecule has 0 fully saturated rings. The van der Waals surface area contributed by atoms with Crippen molar-refractivity contribution in [2.45, 2.75) is 26.8 Å². The van der Waals surface area contributed by atoms with E-state index in [0.29, 0.717) is 0 Å². The smallest absolute Gasteiger partial charge is 0.223 e. The maximum absolute atomic E-state index is 10.8. The summed E-state index contributed by atoms with van der Waals surface area (Å²) in [6, 6.07) is 0.224. The molecule has 0 aliphatic heterocycles. The standard InChI is InChI=1S/C7H14NO/c1-5(2)7(9)8-6(3)4/h5-6H,1H2,2-4H3,(H,8,9). The molecule has 0 heterocycles. The molecule has 0 aromatic heterocycles. The van der Waals surface area contributed by atoms with Gasteiger partial charge in [-0.25, -0.2) is 0 Å². The molecule has 0 saturated heterocycles. The number of carbonyl (C=O) groups excluding carboxylic acids is 1. The van der Waals surface area contributed by atoms with Crippen molar-refractivity contribution in [1.82, 2.24) is 5.32 Å². The fourth-order valence-electron chi connectivity index (χ4n) is 0.427. The van der Waals surface area contributed by atoms with Gasteiger partial charge < -0.3 is 5.32 Å². The first-order chi connectivity index (χ1) is 4.04. The monoisotopic (exact) mass is 128 g/mol. The van der Waals surface area contributed by atoms with Crippen LogP contribution in [0, 0.1) is 12.8 Å². The van der Waals surface area contributed by atoms with Crippen LogP contribution in [0.25, 0.3) is 0 Å². The van der Waals surface area contributed by atoms with Crippen LogP contribution in [0.15, 0.2) is 0 Å². The number of amides is 1. The van der Waals surface area contributed by atoms with Gasteiger partial charge in [0.15, 0.2) is 0 Å². The van der Waals surface area contributed by atoms with Gasteiger partial charge in [0.25, 0.3) is 0 Å². The van der Waals surface area contributed by atoms with Crippen LogP contribution in [0.5, 0.6) is 0 Å². The molecule has 1 N–H and O–H groups in total. The predicted molar refractivity (Wildman–Crippen MR) is 37.8 cm³/mol. The molecule has 0 rings (SSSR count). The van der Waals surface area contributed by atoms with Crippen LogP contribution in [0.4, 0.5) is 0 Å². The van der Waals surface area contributed by atoms with Crippen LogP contribution in [-0.2, 0) is 4.79 Å². The van der Waals surface area contributed by atoms with E-state index < -0.39 is 0 Å². The summed E-state index contributed by atoms with van der Waals surface area (Å²) in [6.45, 7) is 9.22. The van der Waals surface area contributed by atoms with E-state index in [1.807, 2.05) is 13.8 Å². The lowest BCUT2D eigenvalue weighted by atomic mass is 10.2. The lowest BCUT2D eigenvalue weighted by Crippen LogP contribution is -2.33. The van der Waals surface area contributed by atoms with E-state index in [1.165, 1.54) is 0 Å². The minimum absolute atomic E-state index is 0.0185. The number of nitrogens with one attached hydrogen (secondary N) is 1. The van der Waals surface area contributed by atoms with Crippen LogP contribution >= 0.6 is 0 Å². The van der Waals surface area contributed by atoms with Crippen LogP contribution in [0.2, 0.25) is 0 Å². The Morgan fingerprint density at radius 2 is 1.89 bits per heavy atom. The second-order valence-electron chi connectivity index (χ2n) is 2.56. The lowest BCUT2D eigenvalue weighted by molar-refractivity contribution is -0.123. The number of hydrogen-bond acceptors (Lipinski definition) is 1. The fourth-order valence-corrected chi connectivity index (χ4v) is 0.427. The van der Waals surface area contributed by atoms with E-state index >= 15 is 0 Å². The molecule has 0 aromatic rings. The Labute approximate surface area is 56.6 Å². The van der Waals surface area contributed by atoms with Gasteiger partial charge in [0.2, 0.25) is 5.91 Å². The van der Waals surface area contributed by atoms with Gasteiger partial charge in [-0.3, -0.25) is 4.79 Å². The first-order valence-corrected chi connectivity index (χ1v) is 3.17. The largest absolute Gasteiger partial charge is 0.354 e. The summed E-state index contributed by atoms with van der Waals surface area (Å²) >= 11 is 0. The third kappa shape index (κ3) is 4.01. The second kappa shape index (κ2) is 3.49. The van der Waals surface area contributed by atoms with Crippen molar-refractivity contribution < 1.29 is 4.79 Å². The number of hydrogen-bond donors (Lipinski definition) is 1. The van der Waals surface area contributed by atoms with Crippen molar-refractivity contribution in [1.29, 1.82) is 0 Å². The molecule has 53 valence electrons. The Bertz CT molecular complexity index is 97.1. The highest BCUT2D eigenvalue weighted by Crippen LogP contribution is 1.90. The van der Waals surface area contributed by atoms with Gasteiger partial charge in [0.05, 0.1) is 0 Å². The fraction of sp³-hybridized carbons (Fsp3) is 0.714. The molecule has 1 amide bonds. The summed E-state index contributed by atoms with van der Waals surface area (Å²) in [5.41, 5.74) is 0. The molecule has 9 heavy (non-hydrogen) atoms. The minimum Gasteiger partial charge on any atom is -0.354 e. The molecule has 2 heteroatoms. The van der Waals surface area contributed by atoms with Crippen LogP contribution in [0.1, 0.15) is 20.8 Å². The van der Waals surface area contributed by atoms with Gasteiger partial charge in [-0.2, -0.15) is 0 Å². The number of rotatable bonds is 2. The molecule has 1 radical (unpaired) electrons. The van der Waals surface area contributed by atoms with Gasteiger partial charge in [-0.15, -0.1) is 0 Å². The summed E-state index contributed by atoms with van der Waals surface area (Å²) in [5.74, 6) is -0.127. The van der Waals surface area contributed by atoms with E-state index in [1.54, 1.807) is 6.92 Å². The van der Waals surface area contributed by atoms with E-state index in [9.17, 15) is 4.79 Å². The topological polar surface area (TPSA) is 29.1 Å². The molecular formula is C7H14NO. The average molecular weight is 128 g/mol. The quantitative estimate of drug-likeness (QED) is 0.590. The van der Waals surface area contributed by atoms with E-state index in [2.05, 4.69) is 12.2 Å². The maximum Gasteiger partial charge on any atom is 0.223 e. The Kier molecular flexibility index (Phi) is 3.28. The van der Waals surface area contributed by atoms with Crippen molar-refractivity contribution in [2.75, 3.05) is 0 Å².